The molecular formula is C15H23FN2O. The molecule has 0 radical (unpaired) electrons. The Morgan fingerprint density at radius 3 is 2.58 bits per heavy atom. The predicted molar refractivity (Wildman–Crippen MR) is 76.5 cm³/mol. The zero-order valence-corrected chi connectivity index (χ0v) is 11.9. The topological polar surface area (TPSA) is 55.1 Å². The highest BCUT2D eigenvalue weighted by molar-refractivity contribution is 5.90. The van der Waals surface area contributed by atoms with Crippen LogP contribution in [0, 0.1) is 18.2 Å². The summed E-state index contributed by atoms with van der Waals surface area (Å²) >= 11 is 0. The number of amides is 1. The zero-order valence-electron chi connectivity index (χ0n) is 11.9. The van der Waals surface area contributed by atoms with E-state index in [1.54, 1.807) is 13.0 Å². The van der Waals surface area contributed by atoms with Crippen molar-refractivity contribution >= 4 is 11.6 Å². The zero-order chi connectivity index (χ0) is 14.5. The molecule has 3 N–H and O–H groups in total. The molecule has 106 valence electrons. The number of benzene rings is 1. The van der Waals surface area contributed by atoms with Gasteiger partial charge in [-0.1, -0.05) is 13.8 Å². The molecule has 0 aliphatic carbocycles. The van der Waals surface area contributed by atoms with Crippen LogP contribution in [0.3, 0.4) is 0 Å². The van der Waals surface area contributed by atoms with E-state index in [0.29, 0.717) is 18.7 Å². The fraction of sp³-hybridized carbons (Fsp3) is 0.533. The molecule has 0 aliphatic heterocycles. The van der Waals surface area contributed by atoms with Gasteiger partial charge < -0.3 is 11.1 Å². The minimum absolute atomic E-state index is 0.0595. The van der Waals surface area contributed by atoms with Gasteiger partial charge >= 0.3 is 0 Å². The largest absolute Gasteiger partial charge is 0.330 e. The van der Waals surface area contributed by atoms with Gasteiger partial charge in [0.2, 0.25) is 5.91 Å². The van der Waals surface area contributed by atoms with E-state index in [9.17, 15) is 9.18 Å². The third-order valence-corrected chi connectivity index (χ3v) is 3.18. The van der Waals surface area contributed by atoms with E-state index >= 15 is 0 Å². The van der Waals surface area contributed by atoms with Gasteiger partial charge in [0.15, 0.2) is 0 Å². The van der Waals surface area contributed by atoms with Crippen molar-refractivity contribution in [1.82, 2.24) is 0 Å². The summed E-state index contributed by atoms with van der Waals surface area (Å²) in [6.07, 6.45) is 2.08. The Morgan fingerprint density at radius 1 is 1.32 bits per heavy atom. The van der Waals surface area contributed by atoms with Gasteiger partial charge in [-0.15, -0.1) is 0 Å². The maximum absolute atomic E-state index is 13.2. The Hall–Kier alpha value is -1.42. The molecule has 4 heteroatoms. The second-order valence-electron chi connectivity index (χ2n) is 5.77. The quantitative estimate of drug-likeness (QED) is 0.830. The van der Waals surface area contributed by atoms with E-state index in [4.69, 9.17) is 5.73 Å². The number of carbonyl (C=O) groups is 1. The van der Waals surface area contributed by atoms with Crippen molar-refractivity contribution in [3.8, 4) is 0 Å². The van der Waals surface area contributed by atoms with Gasteiger partial charge in [0.1, 0.15) is 5.82 Å². The first-order chi connectivity index (χ1) is 8.82. The van der Waals surface area contributed by atoms with Crippen LogP contribution in [0.4, 0.5) is 10.1 Å². The van der Waals surface area contributed by atoms with Crippen LogP contribution in [0.15, 0.2) is 18.2 Å². The predicted octanol–water partition coefficient (Wildman–Crippen LogP) is 3.23. The average Bonchev–Trinajstić information content (AvgIpc) is 2.25. The molecule has 0 atom stereocenters. The highest BCUT2D eigenvalue weighted by atomic mass is 19.1. The van der Waals surface area contributed by atoms with Crippen LogP contribution >= 0.6 is 0 Å². The lowest BCUT2D eigenvalue weighted by atomic mass is 9.84. The smallest absolute Gasteiger partial charge is 0.224 e. The summed E-state index contributed by atoms with van der Waals surface area (Å²) in [5.41, 5.74) is 6.90. The second-order valence-corrected chi connectivity index (χ2v) is 5.77. The van der Waals surface area contributed by atoms with Crippen molar-refractivity contribution in [3.63, 3.8) is 0 Å². The first kappa shape index (κ1) is 15.6. The third-order valence-electron chi connectivity index (χ3n) is 3.18. The number of hydrogen-bond donors (Lipinski definition) is 2. The third kappa shape index (κ3) is 5.83. The van der Waals surface area contributed by atoms with Gasteiger partial charge in [-0.25, -0.2) is 4.39 Å². The molecule has 0 saturated heterocycles. The van der Waals surface area contributed by atoms with E-state index in [2.05, 4.69) is 19.2 Å². The fourth-order valence-corrected chi connectivity index (χ4v) is 2.00. The number of rotatable bonds is 6. The molecule has 1 rings (SSSR count). The highest BCUT2D eigenvalue weighted by Crippen LogP contribution is 2.26. The van der Waals surface area contributed by atoms with E-state index in [1.165, 1.54) is 12.1 Å². The molecule has 0 unspecified atom stereocenters. The number of aryl methyl sites for hydroxylation is 1. The maximum Gasteiger partial charge on any atom is 0.224 e. The molecule has 3 nitrogen and oxygen atoms in total. The average molecular weight is 266 g/mol. The van der Waals surface area contributed by atoms with Crippen molar-refractivity contribution < 1.29 is 9.18 Å². The van der Waals surface area contributed by atoms with Gasteiger partial charge in [0, 0.05) is 12.1 Å². The van der Waals surface area contributed by atoms with Crippen LogP contribution in [0.5, 0.6) is 0 Å². The molecule has 0 aliphatic rings. The van der Waals surface area contributed by atoms with Crippen molar-refractivity contribution in [2.45, 2.75) is 40.0 Å². The number of anilines is 1. The summed E-state index contributed by atoms with van der Waals surface area (Å²) in [7, 11) is 0. The summed E-state index contributed by atoms with van der Waals surface area (Å²) in [6, 6.07) is 4.52. The molecule has 0 bridgehead atoms. The van der Waals surface area contributed by atoms with E-state index in [0.717, 1.165) is 18.4 Å². The lowest BCUT2D eigenvalue weighted by Gasteiger charge is -2.23. The van der Waals surface area contributed by atoms with E-state index in [-0.39, 0.29) is 17.1 Å². The van der Waals surface area contributed by atoms with Crippen molar-refractivity contribution in [1.29, 1.82) is 0 Å². The Labute approximate surface area is 114 Å². The standard InChI is InChI=1S/C15H23FN2O/c1-11-8-12(16)10-13(9-11)18-14(19)4-5-15(2,3)6-7-17/h8-10H,4-7,17H2,1-3H3,(H,18,19). The summed E-state index contributed by atoms with van der Waals surface area (Å²) in [5, 5.41) is 2.73. The summed E-state index contributed by atoms with van der Waals surface area (Å²) in [5.74, 6) is -0.422. The van der Waals surface area contributed by atoms with Crippen LogP contribution in [0.25, 0.3) is 0 Å². The molecule has 0 fully saturated rings. The van der Waals surface area contributed by atoms with Gasteiger partial charge in [0.25, 0.3) is 0 Å². The fourth-order valence-electron chi connectivity index (χ4n) is 2.00. The van der Waals surface area contributed by atoms with Crippen molar-refractivity contribution in [3.05, 3.63) is 29.6 Å². The van der Waals surface area contributed by atoms with Gasteiger partial charge in [0.05, 0.1) is 0 Å². The minimum atomic E-state index is -0.334. The highest BCUT2D eigenvalue weighted by Gasteiger charge is 2.18. The number of halogens is 1. The number of carbonyl (C=O) groups excluding carboxylic acids is 1. The van der Waals surface area contributed by atoms with Crippen LogP contribution in [-0.2, 0) is 4.79 Å². The Bertz CT molecular complexity index is 424. The summed E-state index contributed by atoms with van der Waals surface area (Å²) in [6.45, 7) is 6.61. The van der Waals surface area contributed by atoms with Crippen molar-refractivity contribution in [2.75, 3.05) is 11.9 Å². The number of nitrogens with two attached hydrogens (primary N) is 1. The van der Waals surface area contributed by atoms with Crippen molar-refractivity contribution in [2.24, 2.45) is 11.1 Å². The van der Waals surface area contributed by atoms with E-state index in [1.807, 2.05) is 0 Å². The lowest BCUT2D eigenvalue weighted by Crippen LogP contribution is -2.20. The monoisotopic (exact) mass is 266 g/mol. The van der Waals surface area contributed by atoms with E-state index < -0.39 is 0 Å². The molecule has 1 amide bonds. The molecule has 1 aromatic carbocycles. The van der Waals surface area contributed by atoms with Crippen LogP contribution in [0.2, 0.25) is 0 Å². The molecule has 0 aromatic heterocycles. The maximum atomic E-state index is 13.2. The molecule has 1 aromatic rings. The number of nitrogens with one attached hydrogen (secondary N) is 1. The SMILES string of the molecule is Cc1cc(F)cc(NC(=O)CCC(C)(C)CCN)c1. The minimum Gasteiger partial charge on any atom is -0.330 e. The van der Waals surface area contributed by atoms with Gasteiger partial charge in [-0.2, -0.15) is 0 Å². The first-order valence-electron chi connectivity index (χ1n) is 6.59. The second kappa shape index (κ2) is 6.66. The molecular weight excluding hydrogens is 243 g/mol. The Kier molecular flexibility index (Phi) is 5.48. The normalized spacial score (nSPS) is 11.4. The molecule has 0 spiro atoms. The van der Waals surface area contributed by atoms with Crippen LogP contribution in [-0.4, -0.2) is 12.5 Å². The Morgan fingerprint density at radius 2 is 2.00 bits per heavy atom. The molecule has 19 heavy (non-hydrogen) atoms. The molecule has 0 saturated carbocycles. The molecule has 0 heterocycles. The summed E-state index contributed by atoms with van der Waals surface area (Å²) in [4.78, 5) is 11.8. The number of hydrogen-bond acceptors (Lipinski definition) is 2. The Balaban J connectivity index is 2.51. The lowest BCUT2D eigenvalue weighted by molar-refractivity contribution is -0.116. The van der Waals surface area contributed by atoms with Crippen LogP contribution < -0.4 is 11.1 Å². The van der Waals surface area contributed by atoms with Gasteiger partial charge in [-0.3, -0.25) is 4.79 Å². The van der Waals surface area contributed by atoms with Gasteiger partial charge in [-0.05, 0) is 55.5 Å². The first-order valence-corrected chi connectivity index (χ1v) is 6.59. The van der Waals surface area contributed by atoms with Crippen LogP contribution in [0.1, 0.15) is 38.7 Å². The summed E-state index contributed by atoms with van der Waals surface area (Å²) < 4.78 is 13.2.